The van der Waals surface area contributed by atoms with Crippen molar-refractivity contribution in [3.8, 4) is 0 Å². The van der Waals surface area contributed by atoms with E-state index in [1.807, 2.05) is 0 Å². The van der Waals surface area contributed by atoms with E-state index in [0.29, 0.717) is 5.69 Å². The first kappa shape index (κ1) is 15.1. The third kappa shape index (κ3) is 3.09. The van der Waals surface area contributed by atoms with Crippen molar-refractivity contribution in [1.29, 1.82) is 0 Å². The second kappa shape index (κ2) is 5.62. The Hall–Kier alpha value is -2.26. The summed E-state index contributed by atoms with van der Waals surface area (Å²) < 4.78 is 32.0. The van der Waals surface area contributed by atoms with Crippen molar-refractivity contribution in [3.05, 3.63) is 41.4 Å². The Morgan fingerprint density at radius 2 is 2.10 bits per heavy atom. The van der Waals surface area contributed by atoms with E-state index in [9.17, 15) is 13.2 Å². The van der Waals surface area contributed by atoms with Crippen LogP contribution in [0.15, 0.2) is 27.9 Å². The van der Waals surface area contributed by atoms with Crippen molar-refractivity contribution in [2.24, 2.45) is 0 Å². The minimum Gasteiger partial charge on any atom is -0.478 e. The summed E-state index contributed by atoms with van der Waals surface area (Å²) in [7, 11) is -4.03. The van der Waals surface area contributed by atoms with Gasteiger partial charge in [0, 0.05) is 6.20 Å². The summed E-state index contributed by atoms with van der Waals surface area (Å²) in [6.07, 6.45) is 2.77. The molecule has 2 aromatic rings. The summed E-state index contributed by atoms with van der Waals surface area (Å²) in [5, 5.41) is 9.14. The molecule has 0 fully saturated rings. The van der Waals surface area contributed by atoms with E-state index in [1.54, 1.807) is 6.07 Å². The summed E-state index contributed by atoms with van der Waals surface area (Å²) in [6.45, 7) is 2.73. The number of hydrogen-bond acceptors (Lipinski definition) is 6. The highest BCUT2D eigenvalue weighted by Crippen LogP contribution is 2.26. The highest BCUT2D eigenvalue weighted by molar-refractivity contribution is 7.89. The molecule has 0 spiro atoms. The molecule has 0 saturated heterocycles. The zero-order valence-electron chi connectivity index (χ0n) is 11.3. The van der Waals surface area contributed by atoms with Gasteiger partial charge in [0.25, 0.3) is 0 Å². The van der Waals surface area contributed by atoms with Crippen LogP contribution in [0.25, 0.3) is 0 Å². The fourth-order valence-corrected chi connectivity index (χ4v) is 3.30. The van der Waals surface area contributed by atoms with E-state index in [4.69, 9.17) is 9.52 Å². The summed E-state index contributed by atoms with van der Waals surface area (Å²) >= 11 is 0. The zero-order valence-corrected chi connectivity index (χ0v) is 12.1. The number of hydrogen-bond donors (Lipinski definition) is 2. The number of aromatic nitrogens is 2. The fraction of sp³-hybridized carbons (Fsp3) is 0.250. The molecule has 2 heterocycles. The van der Waals surface area contributed by atoms with Gasteiger partial charge >= 0.3 is 5.97 Å². The maximum Gasteiger partial charge on any atom is 0.340 e. The molecule has 2 aromatic heterocycles. The number of nitrogens with one attached hydrogen (secondary N) is 1. The number of furan rings is 1. The monoisotopic (exact) mass is 311 g/mol. The van der Waals surface area contributed by atoms with E-state index in [0.717, 1.165) is 0 Å². The van der Waals surface area contributed by atoms with Crippen LogP contribution in [0.4, 0.5) is 0 Å². The molecule has 0 atom stereocenters. The molecule has 2 rings (SSSR count). The first-order valence-corrected chi connectivity index (χ1v) is 7.39. The minimum atomic E-state index is -4.03. The van der Waals surface area contributed by atoms with Crippen LogP contribution in [0.2, 0.25) is 0 Å². The second-order valence-electron chi connectivity index (χ2n) is 4.25. The van der Waals surface area contributed by atoms with Crippen molar-refractivity contribution in [3.63, 3.8) is 0 Å². The Morgan fingerprint density at radius 3 is 2.67 bits per heavy atom. The lowest BCUT2D eigenvalue weighted by Gasteiger charge is -2.06. The fourth-order valence-electron chi connectivity index (χ4n) is 1.90. The van der Waals surface area contributed by atoms with E-state index in [2.05, 4.69) is 14.7 Å². The molecule has 0 unspecified atom stereocenters. The van der Waals surface area contributed by atoms with Crippen molar-refractivity contribution in [2.75, 3.05) is 0 Å². The van der Waals surface area contributed by atoms with Crippen LogP contribution in [0, 0.1) is 13.8 Å². The van der Waals surface area contributed by atoms with Gasteiger partial charge in [0.1, 0.15) is 28.3 Å². The molecular weight excluding hydrogens is 298 g/mol. The number of aromatic carboxylic acids is 1. The molecule has 8 nitrogen and oxygen atoms in total. The molecule has 0 saturated carbocycles. The number of sulfonamides is 1. The lowest BCUT2D eigenvalue weighted by molar-refractivity contribution is 0.0691. The largest absolute Gasteiger partial charge is 0.478 e. The van der Waals surface area contributed by atoms with Crippen molar-refractivity contribution in [2.45, 2.75) is 25.3 Å². The van der Waals surface area contributed by atoms with Gasteiger partial charge < -0.3 is 9.52 Å². The van der Waals surface area contributed by atoms with Gasteiger partial charge in [0.05, 0.1) is 12.2 Å². The van der Waals surface area contributed by atoms with Gasteiger partial charge in [0.15, 0.2) is 0 Å². The van der Waals surface area contributed by atoms with Crippen LogP contribution in [-0.4, -0.2) is 29.5 Å². The standard InChI is InChI=1S/C12H13N3O5S/c1-7-10(12(16)17)11(8(2)20-7)21(18,19)15-5-9-3-4-13-6-14-9/h3-4,6,15H,5H2,1-2H3,(H,16,17). The van der Waals surface area contributed by atoms with Crippen LogP contribution in [0.5, 0.6) is 0 Å². The predicted molar refractivity (Wildman–Crippen MR) is 71.2 cm³/mol. The Balaban J connectivity index is 2.34. The average molecular weight is 311 g/mol. The predicted octanol–water partition coefficient (Wildman–Crippen LogP) is 0.863. The van der Waals surface area contributed by atoms with Gasteiger partial charge in [0.2, 0.25) is 10.0 Å². The van der Waals surface area contributed by atoms with Crippen molar-refractivity contribution in [1.82, 2.24) is 14.7 Å². The summed E-state index contributed by atoms with van der Waals surface area (Å²) in [6, 6.07) is 1.55. The molecule has 9 heteroatoms. The maximum atomic E-state index is 12.3. The van der Waals surface area contributed by atoms with Crippen LogP contribution in [-0.2, 0) is 16.6 Å². The Labute approximate surface area is 120 Å². The Kier molecular flexibility index (Phi) is 4.05. The highest BCUT2D eigenvalue weighted by atomic mass is 32.2. The van der Waals surface area contributed by atoms with Crippen LogP contribution in [0.1, 0.15) is 27.6 Å². The first-order valence-electron chi connectivity index (χ1n) is 5.90. The number of rotatable bonds is 5. The Bertz CT molecular complexity index is 768. The smallest absolute Gasteiger partial charge is 0.340 e. The average Bonchev–Trinajstić information content (AvgIpc) is 2.73. The normalized spacial score (nSPS) is 11.5. The molecule has 0 amide bonds. The lowest BCUT2D eigenvalue weighted by atomic mass is 10.2. The van der Waals surface area contributed by atoms with Gasteiger partial charge in [-0.2, -0.15) is 0 Å². The van der Waals surface area contributed by atoms with Crippen LogP contribution >= 0.6 is 0 Å². The van der Waals surface area contributed by atoms with Gasteiger partial charge in [-0.3, -0.25) is 0 Å². The van der Waals surface area contributed by atoms with E-state index >= 15 is 0 Å². The van der Waals surface area contributed by atoms with Crippen molar-refractivity contribution >= 4 is 16.0 Å². The summed E-state index contributed by atoms with van der Waals surface area (Å²) in [4.78, 5) is 18.4. The van der Waals surface area contributed by atoms with Gasteiger partial charge in [-0.05, 0) is 19.9 Å². The van der Waals surface area contributed by atoms with Gasteiger partial charge in [-0.1, -0.05) is 0 Å². The molecule has 112 valence electrons. The Morgan fingerprint density at radius 1 is 1.38 bits per heavy atom. The number of aryl methyl sites for hydroxylation is 2. The number of carboxylic acid groups (broad SMARTS) is 1. The molecule has 2 N–H and O–H groups in total. The zero-order chi connectivity index (χ0) is 15.6. The lowest BCUT2D eigenvalue weighted by Crippen LogP contribution is -2.25. The third-order valence-electron chi connectivity index (χ3n) is 2.77. The van der Waals surface area contributed by atoms with E-state index in [-0.39, 0.29) is 28.5 Å². The molecule has 0 aliphatic carbocycles. The quantitative estimate of drug-likeness (QED) is 0.839. The number of carboxylic acids is 1. The summed E-state index contributed by atoms with van der Waals surface area (Å²) in [5.74, 6) is -1.28. The van der Waals surface area contributed by atoms with Crippen molar-refractivity contribution < 1.29 is 22.7 Å². The molecule has 21 heavy (non-hydrogen) atoms. The SMILES string of the molecule is Cc1oc(C)c(S(=O)(=O)NCc2ccncn2)c1C(=O)O. The molecule has 0 aliphatic heterocycles. The molecule has 0 aliphatic rings. The molecule has 0 bridgehead atoms. The molecule has 0 aromatic carbocycles. The van der Waals surface area contributed by atoms with E-state index < -0.39 is 16.0 Å². The third-order valence-corrected chi connectivity index (χ3v) is 4.33. The van der Waals surface area contributed by atoms with E-state index in [1.165, 1.54) is 26.4 Å². The molecular formula is C12H13N3O5S. The number of nitrogens with zero attached hydrogens (tertiary/aromatic N) is 2. The topological polar surface area (TPSA) is 122 Å². The van der Waals surface area contributed by atoms with Crippen LogP contribution < -0.4 is 4.72 Å². The number of carbonyl (C=O) groups is 1. The van der Waals surface area contributed by atoms with Crippen LogP contribution in [0.3, 0.4) is 0 Å². The van der Waals surface area contributed by atoms with Gasteiger partial charge in [-0.15, -0.1) is 0 Å². The second-order valence-corrected chi connectivity index (χ2v) is 5.95. The molecule has 0 radical (unpaired) electrons. The summed E-state index contributed by atoms with van der Waals surface area (Å²) in [5.41, 5.74) is 0.103. The highest BCUT2D eigenvalue weighted by Gasteiger charge is 2.30. The first-order chi connectivity index (χ1) is 9.83. The maximum absolute atomic E-state index is 12.3. The van der Waals surface area contributed by atoms with Gasteiger partial charge in [-0.25, -0.2) is 27.9 Å². The minimum absolute atomic E-state index is 0.0279.